The Morgan fingerprint density at radius 3 is 2.90 bits per heavy atom. The summed E-state index contributed by atoms with van der Waals surface area (Å²) in [6.45, 7) is 0.567. The smallest absolute Gasteiger partial charge is 0.255 e. The molecule has 1 aromatic carbocycles. The Bertz CT molecular complexity index is 734. The molecule has 0 aliphatic carbocycles. The van der Waals surface area contributed by atoms with Crippen molar-refractivity contribution in [3.05, 3.63) is 66.1 Å². The van der Waals surface area contributed by atoms with Gasteiger partial charge in [-0.1, -0.05) is 18.2 Å². The quantitative estimate of drug-likeness (QED) is 0.791. The number of fused-ring (bicyclic) bond motifs is 1. The Balaban J connectivity index is 1.82. The van der Waals surface area contributed by atoms with Gasteiger partial charge in [0.15, 0.2) is 0 Å². The Morgan fingerprint density at radius 1 is 1.25 bits per heavy atom. The summed E-state index contributed by atoms with van der Waals surface area (Å²) in [5.74, 6) is -0.0246. The molecule has 4 nitrogen and oxygen atoms in total. The molecule has 0 aliphatic heterocycles. The summed E-state index contributed by atoms with van der Waals surface area (Å²) in [7, 11) is 1.80. The lowest BCUT2D eigenvalue weighted by Gasteiger charge is -2.16. The van der Waals surface area contributed by atoms with Crippen LogP contribution in [0.4, 0.5) is 0 Å². The molecule has 3 rings (SSSR count). The molecule has 1 N–H and O–H groups in total. The Labute approximate surface area is 117 Å². The molecule has 2 aromatic heterocycles. The van der Waals surface area contributed by atoms with Gasteiger partial charge in [-0.3, -0.25) is 9.78 Å². The number of hydrogen-bond acceptors (Lipinski definition) is 2. The molecule has 100 valence electrons. The van der Waals surface area contributed by atoms with E-state index in [1.165, 1.54) is 0 Å². The molecule has 0 atom stereocenters. The van der Waals surface area contributed by atoms with E-state index in [1.54, 1.807) is 36.5 Å². The van der Waals surface area contributed by atoms with Gasteiger partial charge in [0, 0.05) is 43.1 Å². The molecule has 3 aromatic rings. The van der Waals surface area contributed by atoms with Crippen molar-refractivity contribution in [3.8, 4) is 0 Å². The number of nitrogens with zero attached hydrogens (tertiary/aromatic N) is 2. The third-order valence-electron chi connectivity index (χ3n) is 3.34. The summed E-state index contributed by atoms with van der Waals surface area (Å²) in [6.07, 6.45) is 5.21. The number of pyridine rings is 1. The van der Waals surface area contributed by atoms with Gasteiger partial charge in [0.2, 0.25) is 0 Å². The maximum atomic E-state index is 12.3. The van der Waals surface area contributed by atoms with E-state index < -0.39 is 0 Å². The van der Waals surface area contributed by atoms with Crippen LogP contribution in [0.3, 0.4) is 0 Å². The molecule has 20 heavy (non-hydrogen) atoms. The van der Waals surface area contributed by atoms with Crippen LogP contribution in [-0.4, -0.2) is 27.8 Å². The molecule has 1 amide bonds. The average Bonchev–Trinajstić information content (AvgIpc) is 2.91. The molecule has 0 unspecified atom stereocenters. The van der Waals surface area contributed by atoms with Gasteiger partial charge in [-0.25, -0.2) is 0 Å². The van der Waals surface area contributed by atoms with Gasteiger partial charge in [-0.05, 0) is 23.8 Å². The molecule has 0 radical (unpaired) electrons. The number of benzene rings is 1. The van der Waals surface area contributed by atoms with Gasteiger partial charge in [-0.2, -0.15) is 0 Å². The Kier molecular flexibility index (Phi) is 3.21. The fourth-order valence-corrected chi connectivity index (χ4v) is 2.30. The monoisotopic (exact) mass is 265 g/mol. The van der Waals surface area contributed by atoms with Crippen molar-refractivity contribution >= 4 is 16.8 Å². The fraction of sp³-hybridized carbons (Fsp3) is 0.125. The van der Waals surface area contributed by atoms with Crippen molar-refractivity contribution in [3.63, 3.8) is 0 Å². The van der Waals surface area contributed by atoms with Crippen molar-refractivity contribution in [2.24, 2.45) is 0 Å². The zero-order valence-corrected chi connectivity index (χ0v) is 11.2. The molecule has 0 spiro atoms. The third kappa shape index (κ3) is 2.28. The summed E-state index contributed by atoms with van der Waals surface area (Å²) >= 11 is 0. The molecule has 0 fully saturated rings. The van der Waals surface area contributed by atoms with Gasteiger partial charge in [0.1, 0.15) is 0 Å². The summed E-state index contributed by atoms with van der Waals surface area (Å²) in [5.41, 5.74) is 2.81. The van der Waals surface area contributed by atoms with E-state index >= 15 is 0 Å². The van der Waals surface area contributed by atoms with Gasteiger partial charge in [-0.15, -0.1) is 0 Å². The number of H-pyrrole nitrogens is 1. The Hall–Kier alpha value is -2.62. The summed E-state index contributed by atoms with van der Waals surface area (Å²) in [5, 5.41) is 1.15. The van der Waals surface area contributed by atoms with E-state index in [1.807, 2.05) is 24.4 Å². The highest BCUT2D eigenvalue weighted by Crippen LogP contribution is 2.19. The largest absolute Gasteiger partial charge is 0.361 e. The van der Waals surface area contributed by atoms with Gasteiger partial charge >= 0.3 is 0 Å². The molecule has 0 saturated heterocycles. The summed E-state index contributed by atoms with van der Waals surface area (Å²) in [4.78, 5) is 21.2. The van der Waals surface area contributed by atoms with Crippen LogP contribution >= 0.6 is 0 Å². The number of para-hydroxylation sites is 1. The van der Waals surface area contributed by atoms with Crippen LogP contribution in [0.25, 0.3) is 10.9 Å². The SMILES string of the molecule is CN(Cc1c[nH]c2ccccc12)C(=O)c1cccnc1. The predicted molar refractivity (Wildman–Crippen MR) is 78.3 cm³/mol. The Morgan fingerprint density at radius 2 is 2.10 bits per heavy atom. The van der Waals surface area contributed by atoms with E-state index in [0.717, 1.165) is 16.5 Å². The van der Waals surface area contributed by atoms with Crippen LogP contribution in [0.2, 0.25) is 0 Å². The van der Waals surface area contributed by atoms with E-state index in [2.05, 4.69) is 16.0 Å². The molecular weight excluding hydrogens is 250 g/mol. The number of aromatic nitrogens is 2. The standard InChI is InChI=1S/C16H15N3O/c1-19(16(20)12-5-4-8-17-9-12)11-13-10-18-15-7-3-2-6-14(13)15/h2-10,18H,11H2,1H3. The second kappa shape index (κ2) is 5.17. The second-order valence-electron chi connectivity index (χ2n) is 4.76. The normalized spacial score (nSPS) is 10.7. The van der Waals surface area contributed by atoms with E-state index in [-0.39, 0.29) is 5.91 Å². The van der Waals surface area contributed by atoms with Crippen LogP contribution in [0, 0.1) is 0 Å². The van der Waals surface area contributed by atoms with Crippen LogP contribution in [-0.2, 0) is 6.54 Å². The fourth-order valence-electron chi connectivity index (χ4n) is 2.30. The number of aromatic amines is 1. The average molecular weight is 265 g/mol. The first-order chi connectivity index (χ1) is 9.75. The van der Waals surface area contributed by atoms with E-state index in [0.29, 0.717) is 12.1 Å². The number of hydrogen-bond donors (Lipinski definition) is 1. The third-order valence-corrected chi connectivity index (χ3v) is 3.34. The van der Waals surface area contributed by atoms with Crippen LogP contribution in [0.15, 0.2) is 55.0 Å². The van der Waals surface area contributed by atoms with Gasteiger partial charge in [0.05, 0.1) is 5.56 Å². The maximum Gasteiger partial charge on any atom is 0.255 e. The first-order valence-corrected chi connectivity index (χ1v) is 6.46. The van der Waals surface area contributed by atoms with Crippen molar-refractivity contribution in [1.29, 1.82) is 0 Å². The van der Waals surface area contributed by atoms with Crippen LogP contribution < -0.4 is 0 Å². The molecule has 0 aliphatic rings. The number of carbonyl (C=O) groups excluding carboxylic acids is 1. The zero-order chi connectivity index (χ0) is 13.9. The lowest BCUT2D eigenvalue weighted by Crippen LogP contribution is -2.26. The van der Waals surface area contributed by atoms with E-state index in [9.17, 15) is 4.79 Å². The first-order valence-electron chi connectivity index (χ1n) is 6.46. The van der Waals surface area contributed by atoms with Crippen molar-refractivity contribution in [2.75, 3.05) is 7.05 Å². The molecule has 0 bridgehead atoms. The number of rotatable bonds is 3. The minimum absolute atomic E-state index is 0.0246. The van der Waals surface area contributed by atoms with Crippen LogP contribution in [0.5, 0.6) is 0 Å². The lowest BCUT2D eigenvalue weighted by molar-refractivity contribution is 0.0785. The number of amides is 1. The topological polar surface area (TPSA) is 49.0 Å². The molecular formula is C16H15N3O. The zero-order valence-electron chi connectivity index (χ0n) is 11.2. The second-order valence-corrected chi connectivity index (χ2v) is 4.76. The highest BCUT2D eigenvalue weighted by atomic mass is 16.2. The summed E-state index contributed by atoms with van der Waals surface area (Å²) < 4.78 is 0. The number of carbonyl (C=O) groups is 1. The molecule has 2 heterocycles. The van der Waals surface area contributed by atoms with Crippen molar-refractivity contribution in [1.82, 2.24) is 14.9 Å². The molecule has 4 heteroatoms. The minimum Gasteiger partial charge on any atom is -0.361 e. The minimum atomic E-state index is -0.0246. The highest BCUT2D eigenvalue weighted by Gasteiger charge is 2.13. The van der Waals surface area contributed by atoms with Gasteiger partial charge in [0.25, 0.3) is 5.91 Å². The maximum absolute atomic E-state index is 12.3. The van der Waals surface area contributed by atoms with E-state index in [4.69, 9.17) is 0 Å². The first kappa shape index (κ1) is 12.4. The highest BCUT2D eigenvalue weighted by molar-refractivity contribution is 5.94. The van der Waals surface area contributed by atoms with Crippen molar-refractivity contribution in [2.45, 2.75) is 6.54 Å². The lowest BCUT2D eigenvalue weighted by atomic mass is 10.1. The predicted octanol–water partition coefficient (Wildman–Crippen LogP) is 2.84. The molecule has 0 saturated carbocycles. The van der Waals surface area contributed by atoms with Crippen LogP contribution in [0.1, 0.15) is 15.9 Å². The summed E-state index contributed by atoms with van der Waals surface area (Å²) in [6, 6.07) is 11.6. The van der Waals surface area contributed by atoms with Gasteiger partial charge < -0.3 is 9.88 Å². The van der Waals surface area contributed by atoms with Crippen molar-refractivity contribution < 1.29 is 4.79 Å². The number of nitrogens with one attached hydrogen (secondary N) is 1.